The SMILES string of the molecule is CC(C)c1nc(COc2cccc(C(=O)NC[C@@H](C)O)c2)cs1. The first-order valence-electron chi connectivity index (χ1n) is 7.59. The van der Waals surface area contributed by atoms with Gasteiger partial charge in [0.1, 0.15) is 12.4 Å². The Morgan fingerprint density at radius 3 is 2.83 bits per heavy atom. The smallest absolute Gasteiger partial charge is 0.251 e. The number of aliphatic hydroxyl groups is 1. The summed E-state index contributed by atoms with van der Waals surface area (Å²) in [6, 6.07) is 6.98. The van der Waals surface area contributed by atoms with Crippen LogP contribution in [0.5, 0.6) is 5.75 Å². The minimum absolute atomic E-state index is 0.223. The second-order valence-electron chi connectivity index (χ2n) is 5.71. The van der Waals surface area contributed by atoms with E-state index >= 15 is 0 Å². The number of amides is 1. The van der Waals surface area contributed by atoms with Gasteiger partial charge in [-0.15, -0.1) is 11.3 Å². The molecule has 1 atom stereocenters. The molecule has 0 aliphatic rings. The number of aromatic nitrogens is 1. The maximum absolute atomic E-state index is 12.0. The van der Waals surface area contributed by atoms with Crippen molar-refractivity contribution < 1.29 is 14.6 Å². The molecular weight excluding hydrogens is 312 g/mol. The van der Waals surface area contributed by atoms with Gasteiger partial charge in [-0.25, -0.2) is 4.98 Å². The van der Waals surface area contributed by atoms with E-state index in [4.69, 9.17) is 4.74 Å². The van der Waals surface area contributed by atoms with Crippen molar-refractivity contribution in [2.24, 2.45) is 0 Å². The molecule has 0 radical (unpaired) electrons. The Morgan fingerprint density at radius 2 is 2.17 bits per heavy atom. The fraction of sp³-hybridized carbons (Fsp3) is 0.412. The first kappa shape index (κ1) is 17.4. The summed E-state index contributed by atoms with van der Waals surface area (Å²) in [5, 5.41) is 15.0. The maximum Gasteiger partial charge on any atom is 0.251 e. The lowest BCUT2D eigenvalue weighted by molar-refractivity contribution is 0.0923. The molecule has 6 heteroatoms. The number of hydrogen-bond donors (Lipinski definition) is 2. The van der Waals surface area contributed by atoms with Crippen LogP contribution in [-0.4, -0.2) is 28.6 Å². The average Bonchev–Trinajstić information content (AvgIpc) is 3.00. The summed E-state index contributed by atoms with van der Waals surface area (Å²) in [6.07, 6.45) is -0.571. The van der Waals surface area contributed by atoms with Crippen molar-refractivity contribution in [1.82, 2.24) is 10.3 Å². The normalized spacial score (nSPS) is 12.2. The van der Waals surface area contributed by atoms with Crippen molar-refractivity contribution in [2.75, 3.05) is 6.54 Å². The summed E-state index contributed by atoms with van der Waals surface area (Å²) in [4.78, 5) is 16.5. The Morgan fingerprint density at radius 1 is 1.39 bits per heavy atom. The number of thiazole rings is 1. The predicted octanol–water partition coefficient (Wildman–Crippen LogP) is 2.96. The van der Waals surface area contributed by atoms with Crippen LogP contribution in [0.4, 0.5) is 0 Å². The molecule has 0 saturated heterocycles. The fourth-order valence-corrected chi connectivity index (χ4v) is 2.70. The molecule has 0 unspecified atom stereocenters. The van der Waals surface area contributed by atoms with E-state index < -0.39 is 6.10 Å². The van der Waals surface area contributed by atoms with Crippen molar-refractivity contribution in [3.8, 4) is 5.75 Å². The molecule has 124 valence electrons. The fourth-order valence-electron chi connectivity index (χ4n) is 1.88. The number of ether oxygens (including phenoxy) is 1. The number of carbonyl (C=O) groups is 1. The predicted molar refractivity (Wildman–Crippen MR) is 91.0 cm³/mol. The molecule has 1 aromatic heterocycles. The topological polar surface area (TPSA) is 71.5 Å². The van der Waals surface area contributed by atoms with E-state index in [0.29, 0.717) is 23.8 Å². The van der Waals surface area contributed by atoms with Crippen LogP contribution in [0.15, 0.2) is 29.6 Å². The van der Waals surface area contributed by atoms with Gasteiger partial charge in [-0.3, -0.25) is 4.79 Å². The van der Waals surface area contributed by atoms with Gasteiger partial charge in [0.2, 0.25) is 0 Å². The number of carbonyl (C=O) groups excluding carboxylic acids is 1. The van der Waals surface area contributed by atoms with Crippen LogP contribution in [0.25, 0.3) is 0 Å². The van der Waals surface area contributed by atoms with Crippen LogP contribution in [0.3, 0.4) is 0 Å². The zero-order valence-corrected chi connectivity index (χ0v) is 14.4. The highest BCUT2D eigenvalue weighted by Gasteiger charge is 2.09. The third-order valence-electron chi connectivity index (χ3n) is 3.10. The van der Waals surface area contributed by atoms with Crippen LogP contribution in [0.1, 0.15) is 47.7 Å². The van der Waals surface area contributed by atoms with Gasteiger partial charge < -0.3 is 15.2 Å². The minimum atomic E-state index is -0.571. The average molecular weight is 334 g/mol. The number of nitrogens with zero attached hydrogens (tertiary/aromatic N) is 1. The van der Waals surface area contributed by atoms with E-state index in [9.17, 15) is 9.90 Å². The monoisotopic (exact) mass is 334 g/mol. The van der Waals surface area contributed by atoms with Crippen molar-refractivity contribution >= 4 is 17.2 Å². The highest BCUT2D eigenvalue weighted by atomic mass is 32.1. The second kappa shape index (κ2) is 8.08. The molecule has 0 aliphatic carbocycles. The van der Waals surface area contributed by atoms with Crippen molar-refractivity contribution in [3.05, 3.63) is 45.9 Å². The van der Waals surface area contributed by atoms with Crippen LogP contribution in [0.2, 0.25) is 0 Å². The zero-order chi connectivity index (χ0) is 16.8. The van der Waals surface area contributed by atoms with Crippen molar-refractivity contribution in [2.45, 2.75) is 39.4 Å². The van der Waals surface area contributed by atoms with E-state index in [1.54, 1.807) is 42.5 Å². The van der Waals surface area contributed by atoms with E-state index in [1.807, 2.05) is 5.38 Å². The Kier molecular flexibility index (Phi) is 6.12. The third kappa shape index (κ3) is 5.33. The molecule has 1 amide bonds. The number of benzene rings is 1. The van der Waals surface area contributed by atoms with Gasteiger partial charge in [0, 0.05) is 23.4 Å². The molecule has 23 heavy (non-hydrogen) atoms. The summed E-state index contributed by atoms with van der Waals surface area (Å²) >= 11 is 1.63. The first-order chi connectivity index (χ1) is 11.0. The lowest BCUT2D eigenvalue weighted by atomic mass is 10.2. The molecule has 2 N–H and O–H groups in total. The summed E-state index contributed by atoms with van der Waals surface area (Å²) in [5.41, 5.74) is 1.40. The molecule has 0 bridgehead atoms. The molecular formula is C17H22N2O3S. The Labute approximate surface area is 140 Å². The molecule has 0 saturated carbocycles. The summed E-state index contributed by atoms with van der Waals surface area (Å²) in [7, 11) is 0. The summed E-state index contributed by atoms with van der Waals surface area (Å²) < 4.78 is 5.72. The second-order valence-corrected chi connectivity index (χ2v) is 6.60. The molecule has 0 spiro atoms. The van der Waals surface area contributed by atoms with Crippen LogP contribution in [-0.2, 0) is 6.61 Å². The minimum Gasteiger partial charge on any atom is -0.487 e. The summed E-state index contributed by atoms with van der Waals surface area (Å²) in [6.45, 7) is 6.44. The van der Waals surface area contributed by atoms with Crippen LogP contribution >= 0.6 is 11.3 Å². The van der Waals surface area contributed by atoms with Gasteiger partial charge in [0.25, 0.3) is 5.91 Å². The highest BCUT2D eigenvalue weighted by molar-refractivity contribution is 7.09. The lowest BCUT2D eigenvalue weighted by Crippen LogP contribution is -2.30. The van der Waals surface area contributed by atoms with Gasteiger partial charge >= 0.3 is 0 Å². The number of nitrogens with one attached hydrogen (secondary N) is 1. The zero-order valence-electron chi connectivity index (χ0n) is 13.6. The van der Waals surface area contributed by atoms with Gasteiger partial charge in [0.15, 0.2) is 0 Å². The van der Waals surface area contributed by atoms with Crippen molar-refractivity contribution in [1.29, 1.82) is 0 Å². The van der Waals surface area contributed by atoms with Crippen LogP contribution < -0.4 is 10.1 Å². The maximum atomic E-state index is 12.0. The van der Waals surface area contributed by atoms with E-state index in [0.717, 1.165) is 10.7 Å². The van der Waals surface area contributed by atoms with E-state index in [1.165, 1.54) is 0 Å². The van der Waals surface area contributed by atoms with Crippen molar-refractivity contribution in [3.63, 3.8) is 0 Å². The summed E-state index contributed by atoms with van der Waals surface area (Å²) in [5.74, 6) is 0.801. The van der Waals surface area contributed by atoms with Gasteiger partial charge in [-0.2, -0.15) is 0 Å². The highest BCUT2D eigenvalue weighted by Crippen LogP contribution is 2.21. The lowest BCUT2D eigenvalue weighted by Gasteiger charge is -2.09. The largest absolute Gasteiger partial charge is 0.487 e. The van der Waals surface area contributed by atoms with Gasteiger partial charge in [-0.1, -0.05) is 19.9 Å². The molecule has 5 nitrogen and oxygen atoms in total. The molecule has 1 aromatic carbocycles. The molecule has 0 aliphatic heterocycles. The molecule has 2 aromatic rings. The number of hydrogen-bond acceptors (Lipinski definition) is 5. The Hall–Kier alpha value is -1.92. The Bertz CT molecular complexity index is 653. The molecule has 2 rings (SSSR count). The third-order valence-corrected chi connectivity index (χ3v) is 4.30. The van der Waals surface area contributed by atoms with Gasteiger partial charge in [0.05, 0.1) is 16.8 Å². The number of rotatable bonds is 7. The molecule has 1 heterocycles. The number of aliphatic hydroxyl groups excluding tert-OH is 1. The van der Waals surface area contributed by atoms with Crippen LogP contribution in [0, 0.1) is 0 Å². The quantitative estimate of drug-likeness (QED) is 0.816. The Balaban J connectivity index is 1.95. The first-order valence-corrected chi connectivity index (χ1v) is 8.47. The van der Waals surface area contributed by atoms with E-state index in [-0.39, 0.29) is 12.5 Å². The standard InChI is InChI=1S/C17H22N2O3S/c1-11(2)17-19-14(10-23-17)9-22-15-6-4-5-13(7-15)16(21)18-8-12(3)20/h4-7,10-12,20H,8-9H2,1-3H3,(H,18,21)/t12-/m1/s1. The molecule has 0 fully saturated rings. The van der Waals surface area contributed by atoms with E-state index in [2.05, 4.69) is 24.1 Å². The van der Waals surface area contributed by atoms with Gasteiger partial charge in [-0.05, 0) is 25.1 Å².